The maximum absolute atomic E-state index is 12.1. The molecule has 0 spiro atoms. The van der Waals surface area contributed by atoms with Crippen LogP contribution in [0.3, 0.4) is 0 Å². The van der Waals surface area contributed by atoms with E-state index in [9.17, 15) is 9.59 Å². The number of benzene rings is 3. The first-order valence-corrected chi connectivity index (χ1v) is 10.5. The van der Waals surface area contributed by atoms with Crippen molar-refractivity contribution >= 4 is 23.4 Å². The molecule has 0 aliphatic rings. The minimum atomic E-state index is -0.317. The number of ether oxygens (including phenoxy) is 1. The van der Waals surface area contributed by atoms with E-state index in [1.54, 1.807) is 12.1 Å². The summed E-state index contributed by atoms with van der Waals surface area (Å²) in [7, 11) is 0. The van der Waals surface area contributed by atoms with Crippen LogP contribution in [0.4, 0.5) is 21.0 Å². The number of rotatable bonds is 8. The van der Waals surface area contributed by atoms with Crippen LogP contribution in [-0.4, -0.2) is 25.2 Å². The van der Waals surface area contributed by atoms with Crippen molar-refractivity contribution in [1.82, 2.24) is 10.6 Å². The summed E-state index contributed by atoms with van der Waals surface area (Å²) in [6.45, 7) is 4.68. The molecular weight excluding hydrogens is 404 g/mol. The minimum absolute atomic E-state index is 0.195. The van der Waals surface area contributed by atoms with Gasteiger partial charge in [-0.2, -0.15) is 0 Å². The average molecular weight is 433 g/mol. The van der Waals surface area contributed by atoms with Gasteiger partial charge in [-0.25, -0.2) is 9.59 Å². The van der Waals surface area contributed by atoms with Gasteiger partial charge in [0.1, 0.15) is 12.4 Å². The van der Waals surface area contributed by atoms with Crippen molar-refractivity contribution in [3.63, 3.8) is 0 Å². The Hall–Kier alpha value is -4.00. The van der Waals surface area contributed by atoms with E-state index in [0.717, 1.165) is 22.6 Å². The Morgan fingerprint density at radius 2 is 1.53 bits per heavy atom. The zero-order valence-corrected chi connectivity index (χ0v) is 18.2. The Labute approximate surface area is 188 Å². The van der Waals surface area contributed by atoms with Crippen molar-refractivity contribution in [2.45, 2.75) is 19.9 Å². The quantitative estimate of drug-likeness (QED) is 0.374. The number of carbonyl (C=O) groups is 2. The van der Waals surface area contributed by atoms with E-state index in [0.29, 0.717) is 18.8 Å². The second kappa shape index (κ2) is 11.4. The highest BCUT2D eigenvalue weighted by atomic mass is 16.5. The number of anilines is 2. The number of carbonyl (C=O) groups excluding carboxylic acids is 2. The van der Waals surface area contributed by atoms with E-state index in [1.165, 1.54) is 0 Å². The third-order valence-corrected chi connectivity index (χ3v) is 4.69. The second-order valence-corrected chi connectivity index (χ2v) is 7.35. The first kappa shape index (κ1) is 22.7. The van der Waals surface area contributed by atoms with Gasteiger partial charge in [0.15, 0.2) is 0 Å². The monoisotopic (exact) mass is 432 g/mol. The number of amides is 4. The SMILES string of the molecule is Cc1cccc(OCCNC(=O)N[C@@H](C)c2ccc(NC(=O)Nc3ccccc3)cc2)c1. The molecule has 3 aromatic rings. The van der Waals surface area contributed by atoms with Crippen LogP contribution >= 0.6 is 0 Å². The molecule has 0 saturated heterocycles. The number of para-hydroxylation sites is 1. The molecule has 0 saturated carbocycles. The maximum Gasteiger partial charge on any atom is 0.323 e. The topological polar surface area (TPSA) is 91.5 Å². The molecule has 3 rings (SSSR count). The Morgan fingerprint density at radius 3 is 2.22 bits per heavy atom. The molecule has 0 fully saturated rings. The molecule has 0 heterocycles. The van der Waals surface area contributed by atoms with Gasteiger partial charge in [-0.3, -0.25) is 0 Å². The summed E-state index contributed by atoms with van der Waals surface area (Å²) in [6.07, 6.45) is 0. The third kappa shape index (κ3) is 7.36. The van der Waals surface area contributed by atoms with Gasteiger partial charge in [0, 0.05) is 11.4 Å². The van der Waals surface area contributed by atoms with E-state index in [1.807, 2.05) is 80.6 Å². The van der Waals surface area contributed by atoms with Gasteiger partial charge in [0.2, 0.25) is 0 Å². The van der Waals surface area contributed by atoms with Crippen LogP contribution < -0.4 is 26.0 Å². The smallest absolute Gasteiger partial charge is 0.323 e. The predicted octanol–water partition coefficient (Wildman–Crippen LogP) is 5.08. The zero-order chi connectivity index (χ0) is 22.8. The van der Waals surface area contributed by atoms with Crippen LogP contribution in [0.5, 0.6) is 5.75 Å². The van der Waals surface area contributed by atoms with E-state index in [2.05, 4.69) is 21.3 Å². The van der Waals surface area contributed by atoms with Crippen LogP contribution in [0.15, 0.2) is 78.9 Å². The van der Waals surface area contributed by atoms with Crippen LogP contribution in [0.1, 0.15) is 24.1 Å². The third-order valence-electron chi connectivity index (χ3n) is 4.69. The van der Waals surface area contributed by atoms with E-state index in [-0.39, 0.29) is 18.1 Å². The van der Waals surface area contributed by atoms with E-state index >= 15 is 0 Å². The molecule has 166 valence electrons. The lowest BCUT2D eigenvalue weighted by Crippen LogP contribution is -2.38. The standard InChI is InChI=1S/C25H28N4O3/c1-18-7-6-10-23(17-18)32-16-15-26-24(30)27-19(2)20-11-13-22(14-12-20)29-25(31)28-21-8-4-3-5-9-21/h3-14,17,19H,15-16H2,1-2H3,(H2,26,27,30)(H2,28,29,31)/t19-/m0/s1. The fraction of sp³-hybridized carbons (Fsp3) is 0.200. The molecular formula is C25H28N4O3. The molecule has 7 nitrogen and oxygen atoms in total. The largest absolute Gasteiger partial charge is 0.492 e. The van der Waals surface area contributed by atoms with E-state index < -0.39 is 0 Å². The Morgan fingerprint density at radius 1 is 0.844 bits per heavy atom. The highest BCUT2D eigenvalue weighted by Crippen LogP contribution is 2.16. The molecule has 0 radical (unpaired) electrons. The van der Waals surface area contributed by atoms with Gasteiger partial charge < -0.3 is 26.0 Å². The summed E-state index contributed by atoms with van der Waals surface area (Å²) in [5, 5.41) is 11.2. The summed E-state index contributed by atoms with van der Waals surface area (Å²) >= 11 is 0. The Bertz CT molecular complexity index is 1020. The maximum atomic E-state index is 12.1. The molecule has 1 atom stereocenters. The van der Waals surface area contributed by atoms with Gasteiger partial charge in [0.25, 0.3) is 0 Å². The Kier molecular flexibility index (Phi) is 8.09. The van der Waals surface area contributed by atoms with Crippen molar-refractivity contribution < 1.29 is 14.3 Å². The zero-order valence-electron chi connectivity index (χ0n) is 18.2. The van der Waals surface area contributed by atoms with Gasteiger partial charge in [-0.05, 0) is 61.4 Å². The lowest BCUT2D eigenvalue weighted by atomic mass is 10.1. The highest BCUT2D eigenvalue weighted by molar-refractivity contribution is 5.99. The van der Waals surface area contributed by atoms with Gasteiger partial charge >= 0.3 is 12.1 Å². The highest BCUT2D eigenvalue weighted by Gasteiger charge is 2.10. The number of nitrogens with one attached hydrogen (secondary N) is 4. The number of urea groups is 2. The van der Waals surface area contributed by atoms with Crippen molar-refractivity contribution in [3.05, 3.63) is 90.0 Å². The predicted molar refractivity (Wildman–Crippen MR) is 127 cm³/mol. The minimum Gasteiger partial charge on any atom is -0.492 e. The van der Waals surface area contributed by atoms with Gasteiger partial charge in [-0.1, -0.05) is 42.5 Å². The second-order valence-electron chi connectivity index (χ2n) is 7.35. The fourth-order valence-electron chi connectivity index (χ4n) is 3.04. The molecule has 4 amide bonds. The molecule has 0 aliphatic carbocycles. The summed E-state index contributed by atoms with van der Waals surface area (Å²) in [6, 6.07) is 23.5. The van der Waals surface area contributed by atoms with Crippen LogP contribution in [0.2, 0.25) is 0 Å². The van der Waals surface area contributed by atoms with Crippen LogP contribution in [0.25, 0.3) is 0 Å². The summed E-state index contributed by atoms with van der Waals surface area (Å²) in [5.41, 5.74) is 3.42. The first-order chi connectivity index (χ1) is 15.5. The summed E-state index contributed by atoms with van der Waals surface area (Å²) < 4.78 is 5.63. The molecule has 0 bridgehead atoms. The average Bonchev–Trinajstić information content (AvgIpc) is 2.78. The molecule has 3 aromatic carbocycles. The van der Waals surface area contributed by atoms with Crippen molar-refractivity contribution in [2.24, 2.45) is 0 Å². The van der Waals surface area contributed by atoms with Crippen molar-refractivity contribution in [2.75, 3.05) is 23.8 Å². The number of aryl methyl sites for hydroxylation is 1. The fourth-order valence-corrected chi connectivity index (χ4v) is 3.04. The van der Waals surface area contributed by atoms with Crippen molar-refractivity contribution in [3.8, 4) is 5.75 Å². The van der Waals surface area contributed by atoms with Gasteiger partial charge in [0.05, 0.1) is 12.6 Å². The first-order valence-electron chi connectivity index (χ1n) is 10.5. The molecule has 0 aromatic heterocycles. The van der Waals surface area contributed by atoms with E-state index in [4.69, 9.17) is 4.74 Å². The molecule has 7 heteroatoms. The number of hydrogen-bond donors (Lipinski definition) is 4. The molecule has 0 unspecified atom stereocenters. The molecule has 0 aliphatic heterocycles. The normalized spacial score (nSPS) is 11.2. The number of hydrogen-bond acceptors (Lipinski definition) is 3. The lowest BCUT2D eigenvalue weighted by molar-refractivity contribution is 0.233. The summed E-state index contributed by atoms with van der Waals surface area (Å²) in [4.78, 5) is 24.2. The lowest BCUT2D eigenvalue weighted by Gasteiger charge is -2.16. The van der Waals surface area contributed by atoms with Crippen LogP contribution in [-0.2, 0) is 0 Å². The molecule has 32 heavy (non-hydrogen) atoms. The Balaban J connectivity index is 1.39. The summed E-state index contributed by atoms with van der Waals surface area (Å²) in [5.74, 6) is 0.784. The van der Waals surface area contributed by atoms with Crippen molar-refractivity contribution in [1.29, 1.82) is 0 Å². The van der Waals surface area contributed by atoms with Gasteiger partial charge in [-0.15, -0.1) is 0 Å². The molecule has 4 N–H and O–H groups in total. The van der Waals surface area contributed by atoms with Crippen LogP contribution in [0, 0.1) is 6.92 Å².